The summed E-state index contributed by atoms with van der Waals surface area (Å²) in [5, 5.41) is 0.894. The molecule has 0 heterocycles. The molecule has 0 atom stereocenters. The van der Waals surface area contributed by atoms with Gasteiger partial charge in [0.05, 0.1) is 10.0 Å². The van der Waals surface area contributed by atoms with Crippen LogP contribution in [-0.2, 0) is 0 Å². The first-order valence-corrected chi connectivity index (χ1v) is 7.49. The van der Waals surface area contributed by atoms with Gasteiger partial charge in [-0.1, -0.05) is 43.0 Å². The van der Waals surface area contributed by atoms with Crippen LogP contribution in [0.15, 0.2) is 18.2 Å². The van der Waals surface area contributed by atoms with Crippen LogP contribution in [-0.4, -0.2) is 23.4 Å². The van der Waals surface area contributed by atoms with Crippen molar-refractivity contribution in [3.8, 4) is 0 Å². The van der Waals surface area contributed by atoms with Gasteiger partial charge in [-0.15, -0.1) is 0 Å². The fourth-order valence-corrected chi connectivity index (χ4v) is 2.22. The van der Waals surface area contributed by atoms with Gasteiger partial charge < -0.3 is 4.90 Å². The van der Waals surface area contributed by atoms with Crippen molar-refractivity contribution in [3.63, 3.8) is 0 Å². The molecule has 19 heavy (non-hydrogen) atoms. The van der Waals surface area contributed by atoms with E-state index in [1.165, 1.54) is 0 Å². The molecule has 0 saturated carbocycles. The molecule has 0 saturated heterocycles. The molecule has 0 fully saturated rings. The molecule has 1 rings (SSSR count). The Hall–Kier alpha value is -0.730. The summed E-state index contributed by atoms with van der Waals surface area (Å²) in [5.74, 6) is 0.0182. The van der Waals surface area contributed by atoms with Gasteiger partial charge in [-0.25, -0.2) is 0 Å². The average Bonchev–Trinajstić information content (AvgIpc) is 2.37. The summed E-state index contributed by atoms with van der Waals surface area (Å²) in [6.45, 7) is 6.99. The van der Waals surface area contributed by atoms with Crippen molar-refractivity contribution in [2.75, 3.05) is 6.54 Å². The highest BCUT2D eigenvalue weighted by Gasteiger charge is 2.18. The molecule has 0 aliphatic rings. The van der Waals surface area contributed by atoms with Crippen molar-refractivity contribution in [2.45, 2.75) is 46.1 Å². The molecule has 106 valence electrons. The Morgan fingerprint density at radius 2 is 1.89 bits per heavy atom. The van der Waals surface area contributed by atoms with Crippen LogP contribution in [0.3, 0.4) is 0 Å². The van der Waals surface area contributed by atoms with Gasteiger partial charge in [0, 0.05) is 18.2 Å². The second-order valence-electron chi connectivity index (χ2n) is 4.93. The van der Waals surface area contributed by atoms with Crippen molar-refractivity contribution in [1.29, 1.82) is 0 Å². The van der Waals surface area contributed by atoms with E-state index in [0.29, 0.717) is 15.6 Å². The summed E-state index contributed by atoms with van der Waals surface area (Å²) < 4.78 is 0. The lowest BCUT2D eigenvalue weighted by atomic mass is 10.1. The minimum absolute atomic E-state index is 0.0182. The van der Waals surface area contributed by atoms with E-state index in [1.54, 1.807) is 18.2 Å². The molecule has 0 bridgehead atoms. The number of nitrogens with zero attached hydrogens (tertiary/aromatic N) is 1. The maximum Gasteiger partial charge on any atom is 0.254 e. The van der Waals surface area contributed by atoms with Gasteiger partial charge >= 0.3 is 0 Å². The maximum atomic E-state index is 12.5. The highest BCUT2D eigenvalue weighted by molar-refractivity contribution is 6.42. The summed E-state index contributed by atoms with van der Waals surface area (Å²) in [6, 6.07) is 5.22. The standard InChI is InChI=1S/C15H21Cl2NO/c1-4-5-6-9-18(11(2)3)15(19)12-7-8-13(16)14(17)10-12/h7-8,10-11H,4-6,9H2,1-3H3. The molecular weight excluding hydrogens is 281 g/mol. The Labute approximate surface area is 125 Å². The molecule has 0 N–H and O–H groups in total. The zero-order valence-corrected chi connectivity index (χ0v) is 13.3. The first-order chi connectivity index (χ1) is 8.97. The van der Waals surface area contributed by atoms with Crippen LogP contribution in [0, 0.1) is 0 Å². The normalized spacial score (nSPS) is 10.8. The van der Waals surface area contributed by atoms with Crippen LogP contribution >= 0.6 is 23.2 Å². The Morgan fingerprint density at radius 3 is 2.42 bits per heavy atom. The number of rotatable bonds is 6. The molecule has 1 aromatic carbocycles. The lowest BCUT2D eigenvalue weighted by Crippen LogP contribution is -2.37. The minimum atomic E-state index is 0.0182. The quantitative estimate of drug-likeness (QED) is 0.675. The molecule has 4 heteroatoms. The van der Waals surface area contributed by atoms with E-state index in [-0.39, 0.29) is 11.9 Å². The van der Waals surface area contributed by atoms with Gasteiger partial charge in [0.2, 0.25) is 0 Å². The zero-order chi connectivity index (χ0) is 14.4. The molecule has 0 spiro atoms. The van der Waals surface area contributed by atoms with E-state index in [1.807, 2.05) is 18.7 Å². The van der Waals surface area contributed by atoms with E-state index >= 15 is 0 Å². The molecule has 1 aromatic rings. The number of carbonyl (C=O) groups is 1. The fourth-order valence-electron chi connectivity index (χ4n) is 1.92. The van der Waals surface area contributed by atoms with Gasteiger partial charge in [0.15, 0.2) is 0 Å². The summed E-state index contributed by atoms with van der Waals surface area (Å²) in [7, 11) is 0. The first-order valence-electron chi connectivity index (χ1n) is 6.73. The number of unbranched alkanes of at least 4 members (excludes halogenated alkanes) is 2. The van der Waals surface area contributed by atoms with Crippen molar-refractivity contribution in [3.05, 3.63) is 33.8 Å². The molecule has 0 aliphatic heterocycles. The number of hydrogen-bond acceptors (Lipinski definition) is 1. The molecular formula is C15H21Cl2NO. The van der Waals surface area contributed by atoms with Gasteiger partial charge in [-0.3, -0.25) is 4.79 Å². The summed E-state index contributed by atoms with van der Waals surface area (Å²) in [4.78, 5) is 14.4. The SMILES string of the molecule is CCCCCN(C(=O)c1ccc(Cl)c(Cl)c1)C(C)C. The predicted octanol–water partition coefficient (Wildman–Crippen LogP) is 5.03. The molecule has 2 nitrogen and oxygen atoms in total. The summed E-state index contributed by atoms with van der Waals surface area (Å²) in [6.07, 6.45) is 3.31. The topological polar surface area (TPSA) is 20.3 Å². The summed E-state index contributed by atoms with van der Waals surface area (Å²) >= 11 is 11.8. The van der Waals surface area contributed by atoms with Crippen LogP contribution in [0.1, 0.15) is 50.4 Å². The van der Waals surface area contributed by atoms with Crippen LogP contribution in [0.4, 0.5) is 0 Å². The maximum absolute atomic E-state index is 12.5. The highest BCUT2D eigenvalue weighted by Crippen LogP contribution is 2.23. The fraction of sp³-hybridized carbons (Fsp3) is 0.533. The largest absolute Gasteiger partial charge is 0.336 e. The van der Waals surface area contributed by atoms with Crippen LogP contribution < -0.4 is 0 Å². The van der Waals surface area contributed by atoms with Crippen molar-refractivity contribution in [1.82, 2.24) is 4.90 Å². The zero-order valence-electron chi connectivity index (χ0n) is 11.7. The van der Waals surface area contributed by atoms with E-state index in [9.17, 15) is 4.79 Å². The van der Waals surface area contributed by atoms with Crippen LogP contribution in [0.25, 0.3) is 0 Å². The molecule has 0 aliphatic carbocycles. The van der Waals surface area contributed by atoms with Crippen molar-refractivity contribution in [2.24, 2.45) is 0 Å². The van der Waals surface area contributed by atoms with E-state index in [0.717, 1.165) is 25.8 Å². The number of carbonyl (C=O) groups excluding carboxylic acids is 1. The minimum Gasteiger partial charge on any atom is -0.336 e. The molecule has 0 aromatic heterocycles. The third-order valence-electron chi connectivity index (χ3n) is 3.05. The van der Waals surface area contributed by atoms with Crippen LogP contribution in [0.2, 0.25) is 10.0 Å². The number of hydrogen-bond donors (Lipinski definition) is 0. The molecule has 0 radical (unpaired) electrons. The van der Waals surface area contributed by atoms with Crippen molar-refractivity contribution >= 4 is 29.1 Å². The number of benzene rings is 1. The number of amides is 1. The third kappa shape index (κ3) is 4.70. The Morgan fingerprint density at radius 1 is 1.21 bits per heavy atom. The predicted molar refractivity (Wildman–Crippen MR) is 82.2 cm³/mol. The first kappa shape index (κ1) is 16.3. The highest BCUT2D eigenvalue weighted by atomic mass is 35.5. The Kier molecular flexibility index (Phi) is 6.67. The smallest absolute Gasteiger partial charge is 0.254 e. The van der Waals surface area contributed by atoms with Gasteiger partial charge in [-0.05, 0) is 38.5 Å². The second-order valence-corrected chi connectivity index (χ2v) is 5.74. The monoisotopic (exact) mass is 301 g/mol. The Balaban J connectivity index is 2.83. The average molecular weight is 302 g/mol. The van der Waals surface area contributed by atoms with Gasteiger partial charge in [0.25, 0.3) is 5.91 Å². The molecule has 0 unspecified atom stereocenters. The second kappa shape index (κ2) is 7.76. The number of halogens is 2. The van der Waals surface area contributed by atoms with E-state index in [2.05, 4.69) is 6.92 Å². The lowest BCUT2D eigenvalue weighted by Gasteiger charge is -2.27. The van der Waals surface area contributed by atoms with Gasteiger partial charge in [-0.2, -0.15) is 0 Å². The van der Waals surface area contributed by atoms with Crippen molar-refractivity contribution < 1.29 is 4.79 Å². The lowest BCUT2D eigenvalue weighted by molar-refractivity contribution is 0.0702. The van der Waals surface area contributed by atoms with E-state index in [4.69, 9.17) is 23.2 Å². The Bertz CT molecular complexity index is 432. The van der Waals surface area contributed by atoms with E-state index < -0.39 is 0 Å². The van der Waals surface area contributed by atoms with Crippen LogP contribution in [0.5, 0.6) is 0 Å². The summed E-state index contributed by atoms with van der Waals surface area (Å²) in [5.41, 5.74) is 0.597. The molecule has 1 amide bonds. The van der Waals surface area contributed by atoms with Gasteiger partial charge in [0.1, 0.15) is 0 Å². The third-order valence-corrected chi connectivity index (χ3v) is 3.79.